The second kappa shape index (κ2) is 6.92. The van der Waals surface area contributed by atoms with Crippen LogP contribution in [0, 0.1) is 12.8 Å². The summed E-state index contributed by atoms with van der Waals surface area (Å²) in [4.78, 5) is 0. The molecule has 0 aliphatic carbocycles. The minimum Gasteiger partial charge on any atom is -0.316 e. The number of benzene rings is 1. The average molecular weight is 253 g/mol. The van der Waals surface area contributed by atoms with E-state index in [1.807, 2.05) is 13.1 Å². The number of hydrogen-bond donors (Lipinski definition) is 1. The van der Waals surface area contributed by atoms with Gasteiger partial charge in [-0.05, 0) is 25.5 Å². The van der Waals surface area contributed by atoms with Gasteiger partial charge in [0.05, 0.1) is 0 Å². The Kier molecular flexibility index (Phi) is 5.86. The molecule has 0 spiro atoms. The summed E-state index contributed by atoms with van der Waals surface area (Å²) in [5.74, 6) is 1.90. The van der Waals surface area contributed by atoms with E-state index in [4.69, 9.17) is 0 Å². The number of nitrogens with one attached hydrogen (secondary N) is 1. The van der Waals surface area contributed by atoms with E-state index < -0.39 is 10.8 Å². The van der Waals surface area contributed by atoms with Crippen molar-refractivity contribution < 1.29 is 4.21 Å². The van der Waals surface area contributed by atoms with Crippen LogP contribution in [0.1, 0.15) is 25.0 Å². The Morgan fingerprint density at radius 1 is 1.35 bits per heavy atom. The highest BCUT2D eigenvalue weighted by Gasteiger charge is 2.14. The van der Waals surface area contributed by atoms with Crippen LogP contribution in [0.3, 0.4) is 0 Å². The lowest BCUT2D eigenvalue weighted by molar-refractivity contribution is 0.461. The molecule has 96 valence electrons. The van der Waals surface area contributed by atoms with E-state index >= 15 is 0 Å². The van der Waals surface area contributed by atoms with E-state index in [2.05, 4.69) is 44.3 Å². The summed E-state index contributed by atoms with van der Waals surface area (Å²) in [6, 6.07) is 8.59. The topological polar surface area (TPSA) is 29.1 Å². The van der Waals surface area contributed by atoms with Crippen LogP contribution in [0.5, 0.6) is 0 Å². The van der Waals surface area contributed by atoms with Crippen LogP contribution in [0.2, 0.25) is 0 Å². The zero-order valence-electron chi connectivity index (χ0n) is 11.2. The van der Waals surface area contributed by atoms with Crippen molar-refractivity contribution in [2.75, 3.05) is 12.8 Å². The van der Waals surface area contributed by atoms with Gasteiger partial charge in [0.15, 0.2) is 0 Å². The fraction of sp³-hybridized carbons (Fsp3) is 0.571. The summed E-state index contributed by atoms with van der Waals surface area (Å²) in [6.07, 6.45) is 0. The van der Waals surface area contributed by atoms with Gasteiger partial charge >= 0.3 is 0 Å². The molecule has 2 atom stereocenters. The fourth-order valence-electron chi connectivity index (χ4n) is 1.86. The van der Waals surface area contributed by atoms with Crippen molar-refractivity contribution in [3.05, 3.63) is 35.4 Å². The normalized spacial score (nSPS) is 14.9. The summed E-state index contributed by atoms with van der Waals surface area (Å²) in [5, 5.41) is 3.24. The molecule has 0 fully saturated rings. The van der Waals surface area contributed by atoms with Crippen LogP contribution in [0.4, 0.5) is 0 Å². The molecule has 0 amide bonds. The van der Waals surface area contributed by atoms with Crippen LogP contribution in [-0.4, -0.2) is 23.1 Å². The smallest absolute Gasteiger partial charge is 0.0486 e. The lowest BCUT2D eigenvalue weighted by atomic mass is 10.1. The molecule has 0 aromatic heterocycles. The molecule has 2 nitrogen and oxygen atoms in total. The van der Waals surface area contributed by atoms with Gasteiger partial charge < -0.3 is 5.32 Å². The third-order valence-corrected chi connectivity index (χ3v) is 4.34. The van der Waals surface area contributed by atoms with Gasteiger partial charge in [-0.3, -0.25) is 4.21 Å². The molecule has 0 saturated heterocycles. The number of rotatable bonds is 6. The molecule has 1 rings (SSSR count). The summed E-state index contributed by atoms with van der Waals surface area (Å²) >= 11 is 0. The lowest BCUT2D eigenvalue weighted by Gasteiger charge is -2.19. The molecule has 17 heavy (non-hydrogen) atoms. The van der Waals surface area contributed by atoms with Crippen LogP contribution >= 0.6 is 0 Å². The largest absolute Gasteiger partial charge is 0.316 e. The van der Waals surface area contributed by atoms with Crippen LogP contribution < -0.4 is 5.32 Å². The minimum atomic E-state index is -0.792. The highest BCUT2D eigenvalue weighted by molar-refractivity contribution is 7.84. The van der Waals surface area contributed by atoms with E-state index in [0.717, 1.165) is 5.75 Å². The molecule has 0 saturated carbocycles. The molecule has 0 bridgehead atoms. The summed E-state index contributed by atoms with van der Waals surface area (Å²) in [5.41, 5.74) is 2.40. The van der Waals surface area contributed by atoms with Gasteiger partial charge in [0.2, 0.25) is 0 Å². The van der Waals surface area contributed by atoms with Gasteiger partial charge in [0.1, 0.15) is 0 Å². The Morgan fingerprint density at radius 2 is 2.06 bits per heavy atom. The van der Waals surface area contributed by atoms with Crippen LogP contribution in [0.15, 0.2) is 24.3 Å². The Balaban J connectivity index is 2.55. The second-order valence-corrected chi connectivity index (χ2v) is 6.38. The lowest BCUT2D eigenvalue weighted by Crippen LogP contribution is -2.36. The highest BCUT2D eigenvalue weighted by Crippen LogP contribution is 2.09. The first kappa shape index (κ1) is 14.4. The van der Waals surface area contributed by atoms with E-state index in [0.29, 0.717) is 17.7 Å². The van der Waals surface area contributed by atoms with Gasteiger partial charge in [0.25, 0.3) is 0 Å². The maximum atomic E-state index is 12.1. The van der Waals surface area contributed by atoms with Crippen molar-refractivity contribution in [2.45, 2.75) is 32.6 Å². The molecule has 2 unspecified atom stereocenters. The van der Waals surface area contributed by atoms with E-state index in [1.54, 1.807) is 0 Å². The second-order valence-electron chi connectivity index (χ2n) is 4.88. The molecule has 1 aromatic rings. The zero-order valence-corrected chi connectivity index (χ0v) is 12.0. The first-order chi connectivity index (χ1) is 8.02. The first-order valence-electron chi connectivity index (χ1n) is 6.10. The van der Waals surface area contributed by atoms with E-state index in [-0.39, 0.29) is 0 Å². The van der Waals surface area contributed by atoms with Crippen LogP contribution in [-0.2, 0) is 16.6 Å². The monoisotopic (exact) mass is 253 g/mol. The maximum Gasteiger partial charge on any atom is 0.0486 e. The SMILES string of the molecule is CNC(CS(=O)Cc1cccc(C)c1)C(C)C. The van der Waals surface area contributed by atoms with Gasteiger partial charge in [-0.1, -0.05) is 43.7 Å². The van der Waals surface area contributed by atoms with Crippen molar-refractivity contribution in [2.24, 2.45) is 5.92 Å². The van der Waals surface area contributed by atoms with Crippen molar-refractivity contribution in [3.8, 4) is 0 Å². The van der Waals surface area contributed by atoms with E-state index in [9.17, 15) is 4.21 Å². The fourth-order valence-corrected chi connectivity index (χ4v) is 3.48. The molecule has 1 aromatic carbocycles. The summed E-state index contributed by atoms with van der Waals surface area (Å²) in [6.45, 7) is 6.38. The predicted molar refractivity (Wildman–Crippen MR) is 75.6 cm³/mol. The van der Waals surface area contributed by atoms with Crippen molar-refractivity contribution in [1.29, 1.82) is 0 Å². The highest BCUT2D eigenvalue weighted by atomic mass is 32.2. The van der Waals surface area contributed by atoms with E-state index in [1.165, 1.54) is 11.1 Å². The Hall–Kier alpha value is -0.670. The minimum absolute atomic E-state index is 0.334. The maximum absolute atomic E-state index is 12.1. The standard InChI is InChI=1S/C14H23NOS/c1-11(2)14(15-4)10-17(16)9-13-7-5-6-12(3)8-13/h5-8,11,14-15H,9-10H2,1-4H3. The third kappa shape index (κ3) is 5.00. The van der Waals surface area contributed by atoms with Gasteiger partial charge in [-0.2, -0.15) is 0 Å². The molecule has 0 heterocycles. The Morgan fingerprint density at radius 3 is 2.59 bits per heavy atom. The molecule has 3 heteroatoms. The van der Waals surface area contributed by atoms with Gasteiger partial charge in [-0.15, -0.1) is 0 Å². The van der Waals surface area contributed by atoms with Crippen molar-refractivity contribution in [3.63, 3.8) is 0 Å². The third-order valence-electron chi connectivity index (χ3n) is 2.95. The van der Waals surface area contributed by atoms with Crippen molar-refractivity contribution >= 4 is 10.8 Å². The average Bonchev–Trinajstić information content (AvgIpc) is 2.25. The predicted octanol–water partition coefficient (Wildman–Crippen LogP) is 2.49. The quantitative estimate of drug-likeness (QED) is 0.844. The van der Waals surface area contributed by atoms with Crippen molar-refractivity contribution in [1.82, 2.24) is 5.32 Å². The van der Waals surface area contributed by atoms with Gasteiger partial charge in [0, 0.05) is 28.3 Å². The molecule has 1 N–H and O–H groups in total. The van der Waals surface area contributed by atoms with Gasteiger partial charge in [-0.25, -0.2) is 0 Å². The number of aryl methyl sites for hydroxylation is 1. The molecular weight excluding hydrogens is 230 g/mol. The number of hydrogen-bond acceptors (Lipinski definition) is 2. The first-order valence-corrected chi connectivity index (χ1v) is 7.59. The van der Waals surface area contributed by atoms with Crippen LogP contribution in [0.25, 0.3) is 0 Å². The molecular formula is C14H23NOS. The summed E-state index contributed by atoms with van der Waals surface area (Å²) in [7, 11) is 1.15. The molecule has 0 radical (unpaired) electrons. The molecule has 0 aliphatic heterocycles. The summed E-state index contributed by atoms with van der Waals surface area (Å²) < 4.78 is 12.1. The zero-order chi connectivity index (χ0) is 12.8. The Labute approximate surface area is 107 Å². The Bertz CT molecular complexity index is 376. The molecule has 0 aliphatic rings.